The molecule has 0 aliphatic heterocycles. The molecule has 0 radical (unpaired) electrons. The lowest BCUT2D eigenvalue weighted by Crippen LogP contribution is -2.41. The number of nitrogens with one attached hydrogen (secondary N) is 1. The van der Waals surface area contributed by atoms with E-state index in [1.165, 1.54) is 0 Å². The van der Waals surface area contributed by atoms with E-state index in [0.717, 1.165) is 32.1 Å². The highest BCUT2D eigenvalue weighted by atomic mass is 15.0. The third-order valence-corrected chi connectivity index (χ3v) is 2.45. The van der Waals surface area contributed by atoms with Crippen molar-refractivity contribution in [1.29, 1.82) is 5.26 Å². The maximum Gasteiger partial charge on any atom is 0.177 e. The molecule has 0 aliphatic carbocycles. The summed E-state index contributed by atoms with van der Waals surface area (Å²) in [5, 5.41) is 11.6. The number of hydrogen-bond acceptors (Lipinski definition) is 2. The lowest BCUT2D eigenvalue weighted by Gasteiger charge is -2.30. The normalized spacial score (nSPS) is 10.8. The first-order chi connectivity index (χ1) is 5.74. The van der Waals surface area contributed by atoms with E-state index < -0.39 is 0 Å². The molecule has 0 bridgehead atoms. The van der Waals surface area contributed by atoms with Crippen LogP contribution in [0.25, 0.3) is 0 Å². The molecule has 0 aromatic rings. The van der Waals surface area contributed by atoms with Crippen molar-refractivity contribution in [2.24, 2.45) is 0 Å². The Labute approximate surface area is 76.0 Å². The van der Waals surface area contributed by atoms with Crippen LogP contribution in [0.15, 0.2) is 0 Å². The molecule has 0 aliphatic rings. The van der Waals surface area contributed by atoms with Gasteiger partial charge in [-0.1, -0.05) is 33.6 Å². The molecular weight excluding hydrogens is 148 g/mol. The molecule has 2 nitrogen and oxygen atoms in total. The summed E-state index contributed by atoms with van der Waals surface area (Å²) in [6.45, 7) is 6.48. The van der Waals surface area contributed by atoms with Gasteiger partial charge in [0.05, 0.1) is 0 Å². The highest BCUT2D eigenvalue weighted by Gasteiger charge is 2.24. The lowest BCUT2D eigenvalue weighted by atomic mass is 9.86. The topological polar surface area (TPSA) is 35.8 Å². The quantitative estimate of drug-likeness (QED) is 0.489. The molecule has 0 saturated heterocycles. The van der Waals surface area contributed by atoms with E-state index in [1.807, 2.05) is 0 Å². The van der Waals surface area contributed by atoms with Gasteiger partial charge in [0.2, 0.25) is 0 Å². The summed E-state index contributed by atoms with van der Waals surface area (Å²) in [7, 11) is 0. The van der Waals surface area contributed by atoms with E-state index in [0.29, 0.717) is 0 Å². The predicted octanol–water partition coefficient (Wildman–Crippen LogP) is 2.81. The molecule has 70 valence electrons. The molecule has 12 heavy (non-hydrogen) atoms. The van der Waals surface area contributed by atoms with Crippen LogP contribution in [0.2, 0.25) is 0 Å². The molecule has 2 heteroatoms. The Hall–Kier alpha value is -0.710. The Bertz CT molecular complexity index is 140. The van der Waals surface area contributed by atoms with Crippen molar-refractivity contribution in [1.82, 2.24) is 5.32 Å². The number of hydrogen-bond donors (Lipinski definition) is 1. The first-order valence-corrected chi connectivity index (χ1v) is 4.91. The second-order valence-electron chi connectivity index (χ2n) is 3.37. The number of rotatable bonds is 6. The second kappa shape index (κ2) is 5.88. The van der Waals surface area contributed by atoms with E-state index in [9.17, 15) is 0 Å². The van der Waals surface area contributed by atoms with Gasteiger partial charge in [0.1, 0.15) is 0 Å². The molecule has 0 heterocycles. The minimum absolute atomic E-state index is 0.0816. The van der Waals surface area contributed by atoms with Gasteiger partial charge in [0.15, 0.2) is 6.19 Å². The van der Waals surface area contributed by atoms with Crippen molar-refractivity contribution in [3.8, 4) is 6.19 Å². The molecule has 0 unspecified atom stereocenters. The van der Waals surface area contributed by atoms with Gasteiger partial charge in [-0.25, -0.2) is 0 Å². The Morgan fingerprint density at radius 2 is 1.67 bits per heavy atom. The van der Waals surface area contributed by atoms with Crippen LogP contribution in [0, 0.1) is 11.5 Å². The Balaban J connectivity index is 4.19. The van der Waals surface area contributed by atoms with E-state index >= 15 is 0 Å². The standard InChI is InChI=1S/C10H20N2/c1-4-7-10(6-3,8-5-2)12-9-11/h12H,4-8H2,1-3H3. The van der Waals surface area contributed by atoms with Crippen LogP contribution in [0.3, 0.4) is 0 Å². The molecule has 0 fully saturated rings. The molecule has 0 aromatic carbocycles. The van der Waals surface area contributed by atoms with Crippen LogP contribution in [0.4, 0.5) is 0 Å². The molecule has 0 spiro atoms. The van der Waals surface area contributed by atoms with E-state index in [4.69, 9.17) is 5.26 Å². The van der Waals surface area contributed by atoms with Crippen LogP contribution in [0.1, 0.15) is 52.9 Å². The fraction of sp³-hybridized carbons (Fsp3) is 0.900. The predicted molar refractivity (Wildman–Crippen MR) is 51.6 cm³/mol. The lowest BCUT2D eigenvalue weighted by molar-refractivity contribution is 0.301. The summed E-state index contributed by atoms with van der Waals surface area (Å²) >= 11 is 0. The van der Waals surface area contributed by atoms with Gasteiger partial charge in [0.25, 0.3) is 0 Å². The molecule has 1 N–H and O–H groups in total. The molecule has 0 atom stereocenters. The smallest absolute Gasteiger partial charge is 0.177 e. The highest BCUT2D eigenvalue weighted by Crippen LogP contribution is 2.22. The van der Waals surface area contributed by atoms with Gasteiger partial charge in [-0.3, -0.25) is 0 Å². The first kappa shape index (κ1) is 11.3. The van der Waals surface area contributed by atoms with E-state index in [-0.39, 0.29) is 5.54 Å². The number of nitriles is 1. The van der Waals surface area contributed by atoms with Crippen molar-refractivity contribution in [2.75, 3.05) is 0 Å². The summed E-state index contributed by atoms with van der Waals surface area (Å²) in [6.07, 6.45) is 7.61. The van der Waals surface area contributed by atoms with Crippen molar-refractivity contribution < 1.29 is 0 Å². The minimum atomic E-state index is 0.0816. The maximum absolute atomic E-state index is 8.63. The van der Waals surface area contributed by atoms with Crippen LogP contribution in [-0.4, -0.2) is 5.54 Å². The summed E-state index contributed by atoms with van der Waals surface area (Å²) in [6, 6.07) is 0. The number of nitrogens with zero attached hydrogens (tertiary/aromatic N) is 1. The van der Waals surface area contributed by atoms with E-state index in [1.54, 1.807) is 0 Å². The van der Waals surface area contributed by atoms with Gasteiger partial charge < -0.3 is 5.32 Å². The van der Waals surface area contributed by atoms with E-state index in [2.05, 4.69) is 32.3 Å². The van der Waals surface area contributed by atoms with Crippen molar-refractivity contribution in [3.63, 3.8) is 0 Å². The average molecular weight is 168 g/mol. The third kappa shape index (κ3) is 3.13. The largest absolute Gasteiger partial charge is 0.318 e. The Kier molecular flexibility index (Phi) is 5.53. The fourth-order valence-electron chi connectivity index (χ4n) is 1.77. The van der Waals surface area contributed by atoms with Crippen LogP contribution < -0.4 is 5.32 Å². The molecule has 0 aromatic heterocycles. The maximum atomic E-state index is 8.63. The van der Waals surface area contributed by atoms with Gasteiger partial charge in [-0.2, -0.15) is 5.26 Å². The van der Waals surface area contributed by atoms with Crippen LogP contribution in [0.5, 0.6) is 0 Å². The van der Waals surface area contributed by atoms with Crippen LogP contribution in [-0.2, 0) is 0 Å². The Morgan fingerprint density at radius 3 is 1.92 bits per heavy atom. The summed E-state index contributed by atoms with van der Waals surface area (Å²) in [5.41, 5.74) is 0.0816. The Morgan fingerprint density at radius 1 is 1.17 bits per heavy atom. The van der Waals surface area contributed by atoms with Gasteiger partial charge in [0, 0.05) is 5.54 Å². The van der Waals surface area contributed by atoms with Gasteiger partial charge >= 0.3 is 0 Å². The molecule has 0 rings (SSSR count). The van der Waals surface area contributed by atoms with Gasteiger partial charge in [-0.15, -0.1) is 0 Å². The van der Waals surface area contributed by atoms with Crippen molar-refractivity contribution in [2.45, 2.75) is 58.4 Å². The summed E-state index contributed by atoms with van der Waals surface area (Å²) in [4.78, 5) is 0. The molecule has 0 saturated carbocycles. The fourth-order valence-corrected chi connectivity index (χ4v) is 1.77. The zero-order valence-electron chi connectivity index (χ0n) is 8.48. The average Bonchev–Trinajstić information content (AvgIpc) is 2.06. The van der Waals surface area contributed by atoms with Crippen LogP contribution >= 0.6 is 0 Å². The zero-order valence-corrected chi connectivity index (χ0v) is 8.48. The van der Waals surface area contributed by atoms with Crippen molar-refractivity contribution in [3.05, 3.63) is 0 Å². The molecular formula is C10H20N2. The molecule has 0 amide bonds. The van der Waals surface area contributed by atoms with Crippen molar-refractivity contribution >= 4 is 0 Å². The summed E-state index contributed by atoms with van der Waals surface area (Å²) in [5.74, 6) is 0. The summed E-state index contributed by atoms with van der Waals surface area (Å²) < 4.78 is 0. The highest BCUT2D eigenvalue weighted by molar-refractivity contribution is 4.91. The minimum Gasteiger partial charge on any atom is -0.318 e. The SMILES string of the molecule is CCCC(CC)(CCC)NC#N. The van der Waals surface area contributed by atoms with Gasteiger partial charge in [-0.05, 0) is 19.3 Å². The second-order valence-corrected chi connectivity index (χ2v) is 3.37. The monoisotopic (exact) mass is 168 g/mol. The first-order valence-electron chi connectivity index (χ1n) is 4.91. The third-order valence-electron chi connectivity index (χ3n) is 2.45. The zero-order chi connectivity index (χ0) is 9.45.